The van der Waals surface area contributed by atoms with E-state index in [9.17, 15) is 9.59 Å². The van der Waals surface area contributed by atoms with Crippen LogP contribution in [0, 0.1) is 0 Å². The van der Waals surface area contributed by atoms with Crippen LogP contribution < -0.4 is 14.4 Å². The van der Waals surface area contributed by atoms with Gasteiger partial charge in [0.2, 0.25) is 0 Å². The Bertz CT molecular complexity index is 1150. The first-order valence-electron chi connectivity index (χ1n) is 9.53. The summed E-state index contributed by atoms with van der Waals surface area (Å²) in [7, 11) is 5.26. The summed E-state index contributed by atoms with van der Waals surface area (Å²) in [6.07, 6.45) is 2.28. The van der Waals surface area contributed by atoms with Crippen molar-refractivity contribution >= 4 is 28.7 Å². The number of nitrogens with zero attached hydrogens (tertiary/aromatic N) is 2. The average molecular weight is 402 g/mol. The van der Waals surface area contributed by atoms with Gasteiger partial charge in [-0.05, 0) is 35.9 Å². The van der Waals surface area contributed by atoms with Crippen LogP contribution >= 0.6 is 0 Å². The van der Waals surface area contributed by atoms with Gasteiger partial charge in [0.05, 0.1) is 19.3 Å². The van der Waals surface area contributed by atoms with Crippen LogP contribution in [-0.2, 0) is 11.3 Å². The maximum absolute atomic E-state index is 13.1. The average Bonchev–Trinajstić information content (AvgIpc) is 3.02. The number of methoxy groups -OCH3 is 1. The zero-order valence-corrected chi connectivity index (χ0v) is 17.1. The Morgan fingerprint density at radius 2 is 1.83 bits per heavy atom. The van der Waals surface area contributed by atoms with Gasteiger partial charge in [-0.2, -0.15) is 0 Å². The molecule has 4 rings (SSSR count). The topological polar surface area (TPSA) is 59.1 Å². The standard InChI is InChI=1S/C24H22N2O4/c1-25(2)14-18(15-27)30-22-12-11-21-23-19(22)5-4-6-20(23)24(28)26(21)13-16-7-9-17(29-3)10-8-16/h4-12,14-15H,13H2,1-3H3/b18-14+. The number of hydrogen-bond acceptors (Lipinski definition) is 5. The summed E-state index contributed by atoms with van der Waals surface area (Å²) in [4.78, 5) is 28.0. The van der Waals surface area contributed by atoms with E-state index in [0.29, 0.717) is 24.1 Å². The van der Waals surface area contributed by atoms with E-state index >= 15 is 0 Å². The molecule has 0 aromatic heterocycles. The maximum atomic E-state index is 13.1. The highest BCUT2D eigenvalue weighted by Crippen LogP contribution is 2.42. The minimum atomic E-state index is -0.0528. The molecule has 3 aromatic carbocycles. The predicted molar refractivity (Wildman–Crippen MR) is 116 cm³/mol. The molecule has 30 heavy (non-hydrogen) atoms. The fourth-order valence-electron chi connectivity index (χ4n) is 3.64. The third kappa shape index (κ3) is 3.48. The lowest BCUT2D eigenvalue weighted by molar-refractivity contribution is -0.106. The summed E-state index contributed by atoms with van der Waals surface area (Å²) in [5, 5.41) is 1.63. The van der Waals surface area contributed by atoms with Crippen molar-refractivity contribution in [1.82, 2.24) is 4.90 Å². The molecule has 0 saturated heterocycles. The smallest absolute Gasteiger partial charge is 0.259 e. The second-order valence-electron chi connectivity index (χ2n) is 7.27. The fraction of sp³-hybridized carbons (Fsp3) is 0.167. The molecule has 6 heteroatoms. The van der Waals surface area contributed by atoms with Crippen LogP contribution in [-0.4, -0.2) is 38.3 Å². The van der Waals surface area contributed by atoms with Crippen LogP contribution in [0.15, 0.2) is 66.6 Å². The molecule has 152 valence electrons. The van der Waals surface area contributed by atoms with Crippen molar-refractivity contribution in [3.63, 3.8) is 0 Å². The Morgan fingerprint density at radius 3 is 2.50 bits per heavy atom. The molecular formula is C24H22N2O4. The van der Waals surface area contributed by atoms with Crippen molar-refractivity contribution < 1.29 is 19.1 Å². The van der Waals surface area contributed by atoms with Crippen molar-refractivity contribution in [3.05, 3.63) is 77.7 Å². The van der Waals surface area contributed by atoms with Crippen molar-refractivity contribution in [3.8, 4) is 11.5 Å². The number of anilines is 1. The molecule has 0 radical (unpaired) electrons. The number of allylic oxidation sites excluding steroid dienone is 1. The zero-order valence-electron chi connectivity index (χ0n) is 17.1. The van der Waals surface area contributed by atoms with Crippen molar-refractivity contribution in [1.29, 1.82) is 0 Å². The molecule has 0 atom stereocenters. The molecule has 0 unspecified atom stereocenters. The van der Waals surface area contributed by atoms with Gasteiger partial charge in [0.15, 0.2) is 12.0 Å². The highest BCUT2D eigenvalue weighted by Gasteiger charge is 2.30. The minimum Gasteiger partial charge on any atom is -0.497 e. The first-order chi connectivity index (χ1) is 14.5. The van der Waals surface area contributed by atoms with Crippen molar-refractivity contribution in [2.75, 3.05) is 26.1 Å². The van der Waals surface area contributed by atoms with Crippen molar-refractivity contribution in [2.45, 2.75) is 6.54 Å². The maximum Gasteiger partial charge on any atom is 0.259 e. The van der Waals surface area contributed by atoms with Gasteiger partial charge < -0.3 is 19.3 Å². The lowest BCUT2D eigenvalue weighted by atomic mass is 10.0. The van der Waals surface area contributed by atoms with Gasteiger partial charge in [0.25, 0.3) is 5.91 Å². The van der Waals surface area contributed by atoms with Gasteiger partial charge >= 0.3 is 0 Å². The Balaban J connectivity index is 1.73. The number of carbonyl (C=O) groups excluding carboxylic acids is 2. The molecule has 6 nitrogen and oxygen atoms in total. The number of hydrogen-bond donors (Lipinski definition) is 0. The SMILES string of the molecule is COc1ccc(CN2C(=O)c3cccc4c(O/C(C=O)=C/N(C)C)ccc2c34)cc1. The molecule has 0 aliphatic carbocycles. The van der Waals surface area contributed by atoms with Gasteiger partial charge in [0, 0.05) is 36.6 Å². The number of ether oxygens (including phenoxy) is 2. The summed E-state index contributed by atoms with van der Waals surface area (Å²) >= 11 is 0. The summed E-state index contributed by atoms with van der Waals surface area (Å²) in [6.45, 7) is 0.451. The number of carbonyl (C=O) groups is 2. The quantitative estimate of drug-likeness (QED) is 0.340. The van der Waals surface area contributed by atoms with Gasteiger partial charge in [-0.1, -0.05) is 24.3 Å². The second kappa shape index (κ2) is 7.91. The van der Waals surface area contributed by atoms with Gasteiger partial charge in [-0.25, -0.2) is 0 Å². The summed E-state index contributed by atoms with van der Waals surface area (Å²) in [5.41, 5.74) is 2.46. The summed E-state index contributed by atoms with van der Waals surface area (Å²) < 4.78 is 11.1. The van der Waals surface area contributed by atoms with Crippen molar-refractivity contribution in [2.24, 2.45) is 0 Å². The lowest BCUT2D eigenvalue weighted by Crippen LogP contribution is -2.25. The third-order valence-corrected chi connectivity index (χ3v) is 4.97. The molecule has 0 bridgehead atoms. The van der Waals surface area contributed by atoms with Crippen LogP contribution in [0.2, 0.25) is 0 Å². The van der Waals surface area contributed by atoms with Crippen LogP contribution in [0.1, 0.15) is 15.9 Å². The lowest BCUT2D eigenvalue weighted by Gasteiger charge is -2.18. The predicted octanol–water partition coefficient (Wildman–Crippen LogP) is 3.99. The molecular weight excluding hydrogens is 380 g/mol. The van der Waals surface area contributed by atoms with E-state index in [2.05, 4.69) is 0 Å². The number of amides is 1. The summed E-state index contributed by atoms with van der Waals surface area (Å²) in [5.74, 6) is 1.45. The molecule has 1 aliphatic rings. The van der Waals surface area contributed by atoms with E-state index < -0.39 is 0 Å². The van der Waals surface area contributed by atoms with E-state index in [1.165, 1.54) is 0 Å². The van der Waals surface area contributed by atoms with E-state index in [1.807, 2.05) is 62.6 Å². The largest absolute Gasteiger partial charge is 0.497 e. The molecule has 1 heterocycles. The monoisotopic (exact) mass is 402 g/mol. The molecule has 1 amide bonds. The van der Waals surface area contributed by atoms with E-state index in [4.69, 9.17) is 9.47 Å². The Morgan fingerprint density at radius 1 is 1.07 bits per heavy atom. The van der Waals surface area contributed by atoms with Crippen LogP contribution in [0.5, 0.6) is 11.5 Å². The molecule has 3 aromatic rings. The molecule has 1 aliphatic heterocycles. The van der Waals surface area contributed by atoms with Gasteiger partial charge in [0.1, 0.15) is 11.5 Å². The Kier molecular flexibility index (Phi) is 5.14. The van der Waals surface area contributed by atoms with Gasteiger partial charge in [-0.3, -0.25) is 9.59 Å². The fourth-order valence-corrected chi connectivity index (χ4v) is 3.64. The minimum absolute atomic E-state index is 0.0528. The zero-order chi connectivity index (χ0) is 21.3. The van der Waals surface area contributed by atoms with Gasteiger partial charge in [-0.15, -0.1) is 0 Å². The first kappa shape index (κ1) is 19.5. The number of benzene rings is 3. The van der Waals surface area contributed by atoms with E-state index in [1.54, 1.807) is 29.2 Å². The Hall–Kier alpha value is -3.80. The third-order valence-electron chi connectivity index (χ3n) is 4.97. The van der Waals surface area contributed by atoms with E-state index in [0.717, 1.165) is 27.8 Å². The summed E-state index contributed by atoms with van der Waals surface area (Å²) in [6, 6.07) is 16.9. The van der Waals surface area contributed by atoms with Crippen LogP contribution in [0.4, 0.5) is 5.69 Å². The number of aldehydes is 1. The first-order valence-corrected chi connectivity index (χ1v) is 9.53. The molecule has 0 spiro atoms. The van der Waals surface area contributed by atoms with Crippen LogP contribution in [0.3, 0.4) is 0 Å². The molecule has 0 N–H and O–H groups in total. The normalized spacial score (nSPS) is 13.0. The Labute approximate surface area is 174 Å². The highest BCUT2D eigenvalue weighted by atomic mass is 16.5. The number of rotatable bonds is 7. The highest BCUT2D eigenvalue weighted by molar-refractivity contribution is 6.25. The van der Waals surface area contributed by atoms with Crippen LogP contribution in [0.25, 0.3) is 10.8 Å². The van der Waals surface area contributed by atoms with E-state index in [-0.39, 0.29) is 11.7 Å². The molecule has 0 fully saturated rings. The molecule has 0 saturated carbocycles. The second-order valence-corrected chi connectivity index (χ2v) is 7.27.